The maximum absolute atomic E-state index is 13.9. The summed E-state index contributed by atoms with van der Waals surface area (Å²) < 4.78 is 13.9. The Hall–Kier alpha value is -1.49. The monoisotopic (exact) mass is 348 g/mol. The van der Waals surface area contributed by atoms with E-state index >= 15 is 0 Å². The fourth-order valence-electron chi connectivity index (χ4n) is 3.74. The number of aryl methyl sites for hydroxylation is 1. The third kappa shape index (κ3) is 5.00. The van der Waals surface area contributed by atoms with Crippen LogP contribution in [0.3, 0.4) is 0 Å². The van der Waals surface area contributed by atoms with Crippen molar-refractivity contribution in [1.29, 1.82) is 0 Å². The minimum absolute atomic E-state index is 0.329. The summed E-state index contributed by atoms with van der Waals surface area (Å²) in [5, 5.41) is 3.58. The molecule has 1 aromatic rings. The average Bonchev–Trinajstić information content (AvgIpc) is 2.61. The van der Waals surface area contributed by atoms with Gasteiger partial charge in [0, 0.05) is 24.1 Å². The fraction of sp³-hybridized carbons (Fsp3) is 0.700. The van der Waals surface area contributed by atoms with Gasteiger partial charge in [0.25, 0.3) is 0 Å². The van der Waals surface area contributed by atoms with Crippen molar-refractivity contribution in [2.24, 2.45) is 5.73 Å². The van der Waals surface area contributed by atoms with Crippen molar-refractivity contribution < 1.29 is 4.39 Å². The number of aromatic nitrogens is 2. The van der Waals surface area contributed by atoms with Crippen LogP contribution in [0.15, 0.2) is 11.9 Å². The topological polar surface area (TPSA) is 63.8 Å². The smallest absolute Gasteiger partial charge is 0.137 e. The number of nitrogens with two attached hydrogens (primary N) is 1. The molecule has 5 heteroatoms. The summed E-state index contributed by atoms with van der Waals surface area (Å²) in [5.74, 6) is 0.862. The van der Waals surface area contributed by atoms with E-state index in [1.165, 1.54) is 5.57 Å². The second kappa shape index (κ2) is 9.27. The highest BCUT2D eigenvalue weighted by molar-refractivity contribution is 5.78. The first-order valence-electron chi connectivity index (χ1n) is 9.71. The average molecular weight is 349 g/mol. The van der Waals surface area contributed by atoms with Crippen LogP contribution < -0.4 is 11.1 Å². The third-order valence-corrected chi connectivity index (χ3v) is 5.22. The van der Waals surface area contributed by atoms with Gasteiger partial charge >= 0.3 is 0 Å². The SMILES string of the molecule is CC.CC1=C(c2c(C)ncnc2NC2CCC(N)CC2)CC(F)CC1. The highest BCUT2D eigenvalue weighted by atomic mass is 19.1. The van der Waals surface area contributed by atoms with Crippen LogP contribution in [0.5, 0.6) is 0 Å². The molecule has 140 valence electrons. The van der Waals surface area contributed by atoms with E-state index in [-0.39, 0.29) is 0 Å². The predicted molar refractivity (Wildman–Crippen MR) is 103 cm³/mol. The number of nitrogens with one attached hydrogen (secondary N) is 1. The number of allylic oxidation sites excluding steroid dienone is 2. The van der Waals surface area contributed by atoms with Crippen LogP contribution in [0.2, 0.25) is 0 Å². The van der Waals surface area contributed by atoms with Gasteiger partial charge in [0.2, 0.25) is 0 Å². The second-order valence-electron chi connectivity index (χ2n) is 7.04. The van der Waals surface area contributed by atoms with E-state index < -0.39 is 6.17 Å². The molecule has 1 unspecified atom stereocenters. The van der Waals surface area contributed by atoms with E-state index in [2.05, 4.69) is 22.2 Å². The van der Waals surface area contributed by atoms with Crippen LogP contribution in [0, 0.1) is 6.92 Å². The minimum Gasteiger partial charge on any atom is -0.367 e. The molecule has 4 nitrogen and oxygen atoms in total. The molecule has 1 saturated carbocycles. The molecule has 1 fully saturated rings. The Morgan fingerprint density at radius 2 is 1.76 bits per heavy atom. The lowest BCUT2D eigenvalue weighted by atomic mass is 9.86. The van der Waals surface area contributed by atoms with Gasteiger partial charge in [-0.25, -0.2) is 14.4 Å². The molecule has 0 bridgehead atoms. The number of nitrogens with zero attached hydrogens (tertiary/aromatic N) is 2. The van der Waals surface area contributed by atoms with E-state index in [1.807, 2.05) is 20.8 Å². The van der Waals surface area contributed by atoms with E-state index in [0.717, 1.165) is 54.8 Å². The Labute approximate surface area is 151 Å². The van der Waals surface area contributed by atoms with E-state index in [4.69, 9.17) is 5.73 Å². The zero-order valence-corrected chi connectivity index (χ0v) is 16.1. The molecule has 1 aromatic heterocycles. The van der Waals surface area contributed by atoms with Crippen molar-refractivity contribution in [3.05, 3.63) is 23.2 Å². The molecule has 3 N–H and O–H groups in total. The van der Waals surface area contributed by atoms with Gasteiger partial charge in [0.1, 0.15) is 18.3 Å². The van der Waals surface area contributed by atoms with Crippen LogP contribution in [-0.4, -0.2) is 28.2 Å². The van der Waals surface area contributed by atoms with Crippen molar-refractivity contribution in [3.8, 4) is 0 Å². The molecule has 0 aromatic carbocycles. The molecule has 1 heterocycles. The van der Waals surface area contributed by atoms with Crippen LogP contribution in [-0.2, 0) is 0 Å². The Bertz CT molecular complexity index is 591. The van der Waals surface area contributed by atoms with Crippen molar-refractivity contribution in [1.82, 2.24) is 9.97 Å². The molecule has 2 aliphatic rings. The molecule has 1 atom stereocenters. The summed E-state index contributed by atoms with van der Waals surface area (Å²) in [4.78, 5) is 8.83. The number of hydrogen-bond donors (Lipinski definition) is 2. The second-order valence-corrected chi connectivity index (χ2v) is 7.04. The van der Waals surface area contributed by atoms with Crippen molar-refractivity contribution >= 4 is 11.4 Å². The molecule has 0 amide bonds. The Kier molecular flexibility index (Phi) is 7.36. The summed E-state index contributed by atoms with van der Waals surface area (Å²) in [5.41, 5.74) is 10.3. The van der Waals surface area contributed by atoms with E-state index in [9.17, 15) is 4.39 Å². The Morgan fingerprint density at radius 3 is 2.44 bits per heavy atom. The van der Waals surface area contributed by atoms with Gasteiger partial charge in [-0.2, -0.15) is 0 Å². The van der Waals surface area contributed by atoms with Gasteiger partial charge in [-0.15, -0.1) is 0 Å². The maximum Gasteiger partial charge on any atom is 0.137 e. The van der Waals surface area contributed by atoms with Crippen molar-refractivity contribution in [2.45, 2.75) is 90.9 Å². The fourth-order valence-corrected chi connectivity index (χ4v) is 3.74. The van der Waals surface area contributed by atoms with Crippen molar-refractivity contribution in [2.75, 3.05) is 5.32 Å². The molecule has 2 aliphatic carbocycles. The Balaban J connectivity index is 0.00000109. The third-order valence-electron chi connectivity index (χ3n) is 5.22. The highest BCUT2D eigenvalue weighted by Gasteiger charge is 2.25. The molecular formula is C20H33FN4. The van der Waals surface area contributed by atoms with Crippen molar-refractivity contribution in [3.63, 3.8) is 0 Å². The zero-order chi connectivity index (χ0) is 18.4. The molecular weight excluding hydrogens is 315 g/mol. The summed E-state index contributed by atoms with van der Waals surface area (Å²) in [7, 11) is 0. The van der Waals surface area contributed by atoms with Gasteiger partial charge in [-0.05, 0) is 57.9 Å². The summed E-state index contributed by atoms with van der Waals surface area (Å²) in [6.45, 7) is 8.10. The van der Waals surface area contributed by atoms with Gasteiger partial charge in [-0.1, -0.05) is 19.4 Å². The van der Waals surface area contributed by atoms with E-state index in [0.29, 0.717) is 24.9 Å². The molecule has 3 rings (SSSR count). The number of hydrogen-bond acceptors (Lipinski definition) is 4. The summed E-state index contributed by atoms with van der Waals surface area (Å²) in [6.07, 6.45) is 6.99. The molecule has 25 heavy (non-hydrogen) atoms. The first-order valence-corrected chi connectivity index (χ1v) is 9.71. The minimum atomic E-state index is -0.756. The quantitative estimate of drug-likeness (QED) is 0.824. The molecule has 0 spiro atoms. The van der Waals surface area contributed by atoms with Gasteiger partial charge in [0.15, 0.2) is 0 Å². The summed E-state index contributed by atoms with van der Waals surface area (Å²) >= 11 is 0. The van der Waals surface area contributed by atoms with E-state index in [1.54, 1.807) is 6.33 Å². The molecule has 0 saturated heterocycles. The lowest BCUT2D eigenvalue weighted by Crippen LogP contribution is -2.33. The first-order chi connectivity index (χ1) is 12.0. The maximum atomic E-state index is 13.9. The molecule has 0 radical (unpaired) electrons. The van der Waals surface area contributed by atoms with Crippen LogP contribution >= 0.6 is 0 Å². The standard InChI is InChI=1S/C18H27FN4.C2H6/c1-11-3-4-13(19)9-16(11)17-12(2)21-10-22-18(17)23-15-7-5-14(20)6-8-15;1-2/h10,13-15H,3-9,20H2,1-2H3,(H,21,22,23);1-2H3. The highest BCUT2D eigenvalue weighted by Crippen LogP contribution is 2.38. The molecule has 0 aliphatic heterocycles. The summed E-state index contributed by atoms with van der Waals surface area (Å²) in [6, 6.07) is 0.726. The predicted octanol–water partition coefficient (Wildman–Crippen LogP) is 4.79. The lowest BCUT2D eigenvalue weighted by Gasteiger charge is -2.29. The largest absolute Gasteiger partial charge is 0.367 e. The van der Waals surface area contributed by atoms with Crippen LogP contribution in [0.1, 0.15) is 77.0 Å². The van der Waals surface area contributed by atoms with Crippen LogP contribution in [0.25, 0.3) is 5.57 Å². The lowest BCUT2D eigenvalue weighted by molar-refractivity contribution is 0.312. The number of alkyl halides is 1. The van der Waals surface area contributed by atoms with Crippen LogP contribution in [0.4, 0.5) is 10.2 Å². The normalized spacial score (nSPS) is 26.7. The first kappa shape index (κ1) is 19.8. The van der Waals surface area contributed by atoms with Gasteiger partial charge < -0.3 is 11.1 Å². The van der Waals surface area contributed by atoms with Gasteiger partial charge in [0.05, 0.1) is 5.69 Å². The Morgan fingerprint density at radius 1 is 1.08 bits per heavy atom. The number of halogens is 1. The zero-order valence-electron chi connectivity index (χ0n) is 16.1. The number of anilines is 1. The number of rotatable bonds is 3. The van der Waals surface area contributed by atoms with Gasteiger partial charge in [-0.3, -0.25) is 0 Å².